The molecular formula is C13H19N3O. The summed E-state index contributed by atoms with van der Waals surface area (Å²) in [4.78, 5) is 6.73. The molecule has 0 radical (unpaired) electrons. The maximum absolute atomic E-state index is 9.91. The predicted molar refractivity (Wildman–Crippen MR) is 67.8 cm³/mol. The van der Waals surface area contributed by atoms with E-state index in [2.05, 4.69) is 9.88 Å². The molecule has 1 aliphatic heterocycles. The second-order valence-electron chi connectivity index (χ2n) is 5.38. The number of hydrogen-bond acceptors (Lipinski definition) is 4. The lowest BCUT2D eigenvalue weighted by Gasteiger charge is -2.21. The quantitative estimate of drug-likeness (QED) is 0.764. The fourth-order valence-corrected chi connectivity index (χ4v) is 3.33. The highest BCUT2D eigenvalue weighted by molar-refractivity contribution is 5.53. The SMILES string of the molecule is Cc1cc(N)cnc1N1CC2CCC(O)C2C1. The van der Waals surface area contributed by atoms with Gasteiger partial charge in [-0.05, 0) is 37.3 Å². The van der Waals surface area contributed by atoms with Crippen LogP contribution in [0.3, 0.4) is 0 Å². The fourth-order valence-electron chi connectivity index (χ4n) is 3.33. The summed E-state index contributed by atoms with van der Waals surface area (Å²) >= 11 is 0. The van der Waals surface area contributed by atoms with Gasteiger partial charge in [-0.15, -0.1) is 0 Å². The Labute approximate surface area is 101 Å². The van der Waals surface area contributed by atoms with Crippen LogP contribution in [0.25, 0.3) is 0 Å². The van der Waals surface area contributed by atoms with E-state index in [1.165, 1.54) is 0 Å². The zero-order valence-electron chi connectivity index (χ0n) is 10.1. The summed E-state index contributed by atoms with van der Waals surface area (Å²) in [5.41, 5.74) is 7.56. The second kappa shape index (κ2) is 3.88. The zero-order valence-corrected chi connectivity index (χ0v) is 10.1. The molecule has 0 aromatic carbocycles. The van der Waals surface area contributed by atoms with Crippen molar-refractivity contribution in [1.82, 2.24) is 4.98 Å². The number of aliphatic hydroxyl groups is 1. The highest BCUT2D eigenvalue weighted by atomic mass is 16.3. The standard InChI is InChI=1S/C13H19N3O/c1-8-4-10(14)5-15-13(8)16-6-9-2-3-12(17)11(9)7-16/h4-5,9,11-12,17H,2-3,6-7,14H2,1H3. The number of fused-ring (bicyclic) bond motifs is 1. The summed E-state index contributed by atoms with van der Waals surface area (Å²) in [5, 5.41) is 9.91. The zero-order chi connectivity index (χ0) is 12.0. The molecule has 1 saturated carbocycles. The molecule has 2 fully saturated rings. The molecular weight excluding hydrogens is 214 g/mol. The minimum Gasteiger partial charge on any atom is -0.397 e. The van der Waals surface area contributed by atoms with Gasteiger partial charge in [0.05, 0.1) is 18.0 Å². The van der Waals surface area contributed by atoms with Gasteiger partial charge in [-0.3, -0.25) is 0 Å². The molecule has 92 valence electrons. The highest BCUT2D eigenvalue weighted by Gasteiger charge is 2.42. The Kier molecular flexibility index (Phi) is 2.47. The van der Waals surface area contributed by atoms with Crippen molar-refractivity contribution >= 4 is 11.5 Å². The molecule has 17 heavy (non-hydrogen) atoms. The average molecular weight is 233 g/mol. The first-order valence-corrected chi connectivity index (χ1v) is 6.30. The summed E-state index contributed by atoms with van der Waals surface area (Å²) in [7, 11) is 0. The van der Waals surface area contributed by atoms with Crippen LogP contribution in [-0.4, -0.2) is 29.3 Å². The lowest BCUT2D eigenvalue weighted by molar-refractivity contribution is 0.133. The Morgan fingerprint density at radius 3 is 2.94 bits per heavy atom. The molecule has 0 bridgehead atoms. The number of aliphatic hydroxyl groups excluding tert-OH is 1. The van der Waals surface area contributed by atoms with Gasteiger partial charge in [0, 0.05) is 19.0 Å². The number of aromatic nitrogens is 1. The van der Waals surface area contributed by atoms with Crippen LogP contribution < -0.4 is 10.6 Å². The molecule has 2 aliphatic rings. The van der Waals surface area contributed by atoms with Crippen LogP contribution in [0.4, 0.5) is 11.5 Å². The first-order chi connectivity index (χ1) is 8.15. The Balaban J connectivity index is 1.83. The van der Waals surface area contributed by atoms with Crippen molar-refractivity contribution in [2.75, 3.05) is 23.7 Å². The second-order valence-corrected chi connectivity index (χ2v) is 5.38. The molecule has 3 atom stereocenters. The Morgan fingerprint density at radius 1 is 1.41 bits per heavy atom. The number of rotatable bonds is 1. The molecule has 0 spiro atoms. The van der Waals surface area contributed by atoms with Crippen molar-refractivity contribution in [3.8, 4) is 0 Å². The van der Waals surface area contributed by atoms with E-state index in [1.54, 1.807) is 6.20 Å². The Hall–Kier alpha value is -1.29. The highest BCUT2D eigenvalue weighted by Crippen LogP contribution is 2.40. The number of aryl methyl sites for hydroxylation is 1. The fraction of sp³-hybridized carbons (Fsp3) is 0.615. The van der Waals surface area contributed by atoms with Gasteiger partial charge in [-0.1, -0.05) is 0 Å². The van der Waals surface area contributed by atoms with Crippen molar-refractivity contribution in [3.05, 3.63) is 17.8 Å². The summed E-state index contributed by atoms with van der Waals surface area (Å²) < 4.78 is 0. The Morgan fingerprint density at radius 2 is 2.24 bits per heavy atom. The minimum absolute atomic E-state index is 0.112. The van der Waals surface area contributed by atoms with Crippen LogP contribution in [0.1, 0.15) is 18.4 Å². The smallest absolute Gasteiger partial charge is 0.131 e. The van der Waals surface area contributed by atoms with Crippen LogP contribution >= 0.6 is 0 Å². The molecule has 1 aromatic heterocycles. The molecule has 3 rings (SSSR count). The molecule has 3 N–H and O–H groups in total. The third kappa shape index (κ3) is 1.76. The van der Waals surface area contributed by atoms with Crippen molar-refractivity contribution < 1.29 is 5.11 Å². The van der Waals surface area contributed by atoms with Gasteiger partial charge >= 0.3 is 0 Å². The van der Waals surface area contributed by atoms with Crippen molar-refractivity contribution in [2.45, 2.75) is 25.9 Å². The topological polar surface area (TPSA) is 62.4 Å². The third-order valence-corrected chi connectivity index (χ3v) is 4.19. The maximum atomic E-state index is 9.91. The average Bonchev–Trinajstić information content (AvgIpc) is 2.81. The van der Waals surface area contributed by atoms with Gasteiger partial charge in [-0.25, -0.2) is 4.98 Å². The predicted octanol–water partition coefficient (Wildman–Crippen LogP) is 1.18. The molecule has 1 saturated heterocycles. The lowest BCUT2D eigenvalue weighted by atomic mass is 10.00. The minimum atomic E-state index is -0.112. The van der Waals surface area contributed by atoms with Crippen LogP contribution in [0.2, 0.25) is 0 Å². The van der Waals surface area contributed by atoms with Gasteiger partial charge in [0.25, 0.3) is 0 Å². The van der Waals surface area contributed by atoms with Gasteiger partial charge in [-0.2, -0.15) is 0 Å². The molecule has 2 heterocycles. The van der Waals surface area contributed by atoms with Crippen molar-refractivity contribution in [3.63, 3.8) is 0 Å². The van der Waals surface area contributed by atoms with Crippen LogP contribution in [-0.2, 0) is 0 Å². The summed E-state index contributed by atoms with van der Waals surface area (Å²) in [6.07, 6.45) is 3.72. The number of nitrogens with two attached hydrogens (primary N) is 1. The number of nitrogens with zero attached hydrogens (tertiary/aromatic N) is 2. The van der Waals surface area contributed by atoms with Gasteiger partial charge in [0.15, 0.2) is 0 Å². The van der Waals surface area contributed by atoms with E-state index in [4.69, 9.17) is 5.73 Å². The lowest BCUT2D eigenvalue weighted by Crippen LogP contribution is -2.25. The first kappa shape index (κ1) is 10.8. The maximum Gasteiger partial charge on any atom is 0.131 e. The van der Waals surface area contributed by atoms with Gasteiger partial charge in [0.2, 0.25) is 0 Å². The van der Waals surface area contributed by atoms with E-state index in [-0.39, 0.29) is 6.10 Å². The van der Waals surface area contributed by atoms with Crippen LogP contribution in [0.15, 0.2) is 12.3 Å². The first-order valence-electron chi connectivity index (χ1n) is 6.30. The molecule has 1 aliphatic carbocycles. The number of pyridine rings is 1. The van der Waals surface area contributed by atoms with Crippen molar-refractivity contribution in [2.24, 2.45) is 11.8 Å². The molecule has 1 aromatic rings. The Bertz CT molecular complexity index is 435. The third-order valence-electron chi connectivity index (χ3n) is 4.19. The normalized spacial score (nSPS) is 31.9. The molecule has 4 nitrogen and oxygen atoms in total. The van der Waals surface area contributed by atoms with E-state index >= 15 is 0 Å². The monoisotopic (exact) mass is 233 g/mol. The van der Waals surface area contributed by atoms with Gasteiger partial charge < -0.3 is 15.7 Å². The van der Waals surface area contributed by atoms with Crippen LogP contribution in [0, 0.1) is 18.8 Å². The van der Waals surface area contributed by atoms with E-state index in [0.717, 1.165) is 37.3 Å². The van der Waals surface area contributed by atoms with E-state index in [9.17, 15) is 5.11 Å². The summed E-state index contributed by atoms with van der Waals surface area (Å²) in [6, 6.07) is 1.97. The van der Waals surface area contributed by atoms with E-state index in [1.807, 2.05) is 13.0 Å². The number of hydrogen-bond donors (Lipinski definition) is 2. The largest absolute Gasteiger partial charge is 0.397 e. The number of nitrogen functional groups attached to an aromatic ring is 1. The molecule has 3 unspecified atom stereocenters. The van der Waals surface area contributed by atoms with E-state index in [0.29, 0.717) is 17.5 Å². The van der Waals surface area contributed by atoms with Crippen molar-refractivity contribution in [1.29, 1.82) is 0 Å². The van der Waals surface area contributed by atoms with Crippen LogP contribution in [0.5, 0.6) is 0 Å². The summed E-state index contributed by atoms with van der Waals surface area (Å²) in [6.45, 7) is 4.01. The molecule has 4 heteroatoms. The van der Waals surface area contributed by atoms with E-state index < -0.39 is 0 Å². The summed E-state index contributed by atoms with van der Waals surface area (Å²) in [5.74, 6) is 2.11. The van der Waals surface area contributed by atoms with Gasteiger partial charge in [0.1, 0.15) is 5.82 Å². The molecule has 0 amide bonds. The number of anilines is 2.